The normalized spacial score (nSPS) is 12.4. The molecule has 0 aliphatic carbocycles. The van der Waals surface area contributed by atoms with Gasteiger partial charge in [0.25, 0.3) is 0 Å². The summed E-state index contributed by atoms with van der Waals surface area (Å²) in [4.78, 5) is 4.63. The van der Waals surface area contributed by atoms with Crippen LogP contribution in [0.25, 0.3) is 5.70 Å². The van der Waals surface area contributed by atoms with Crippen LogP contribution >= 0.6 is 0 Å². The first-order chi connectivity index (χ1) is 10.8. The van der Waals surface area contributed by atoms with E-state index in [2.05, 4.69) is 4.99 Å². The van der Waals surface area contributed by atoms with E-state index in [0.29, 0.717) is 17.2 Å². The fourth-order valence-corrected chi connectivity index (χ4v) is 2.09. The number of benzene rings is 2. The number of hydrogen-bond acceptors (Lipinski definition) is 3. The molecule has 0 fully saturated rings. The molecule has 2 aromatic carbocycles. The van der Waals surface area contributed by atoms with Crippen molar-refractivity contribution in [1.82, 2.24) is 0 Å². The first-order valence-electron chi connectivity index (χ1n) is 7.03. The lowest BCUT2D eigenvalue weighted by Gasteiger charge is -2.03. The van der Waals surface area contributed by atoms with Gasteiger partial charge in [0, 0.05) is 5.70 Å². The van der Waals surface area contributed by atoms with Crippen LogP contribution in [0.1, 0.15) is 11.3 Å². The lowest BCUT2D eigenvalue weighted by atomic mass is 10.1. The Labute approximate surface area is 129 Å². The van der Waals surface area contributed by atoms with Gasteiger partial charge in [0.15, 0.2) is 5.76 Å². The summed E-state index contributed by atoms with van der Waals surface area (Å²) >= 11 is 0. The summed E-state index contributed by atoms with van der Waals surface area (Å²) in [5, 5.41) is 0. The zero-order chi connectivity index (χ0) is 15.2. The Morgan fingerprint density at radius 2 is 1.55 bits per heavy atom. The maximum atomic E-state index is 6.19. The van der Waals surface area contributed by atoms with Crippen LogP contribution in [-0.4, -0.2) is 5.71 Å². The van der Waals surface area contributed by atoms with Crippen LogP contribution in [0.3, 0.4) is 0 Å². The molecule has 22 heavy (non-hydrogen) atoms. The predicted molar refractivity (Wildman–Crippen MR) is 90.0 cm³/mol. The maximum Gasteiger partial charge on any atom is 0.152 e. The smallest absolute Gasteiger partial charge is 0.152 e. The number of hydrogen-bond donors (Lipinski definition) is 1. The number of nitrogens with zero attached hydrogens (tertiary/aromatic N) is 1. The van der Waals surface area contributed by atoms with Gasteiger partial charge in [-0.05, 0) is 35.9 Å². The number of allylic oxidation sites excluding steroid dienone is 1. The third-order valence-corrected chi connectivity index (χ3v) is 3.18. The van der Waals surface area contributed by atoms with E-state index in [1.54, 1.807) is 6.26 Å². The van der Waals surface area contributed by atoms with Crippen molar-refractivity contribution in [3.05, 3.63) is 96.5 Å². The van der Waals surface area contributed by atoms with Crippen molar-refractivity contribution >= 4 is 17.1 Å². The Hall–Kier alpha value is -3.07. The maximum absolute atomic E-state index is 6.19. The SMILES string of the molecule is N/C(=C\C(=Nc1ccccc1)c1ccco1)c1ccccc1. The number of para-hydroxylation sites is 1. The molecular weight excluding hydrogens is 272 g/mol. The van der Waals surface area contributed by atoms with Crippen molar-refractivity contribution in [3.8, 4) is 0 Å². The molecule has 0 unspecified atom stereocenters. The third-order valence-electron chi connectivity index (χ3n) is 3.18. The molecule has 3 heteroatoms. The second-order valence-corrected chi connectivity index (χ2v) is 4.78. The van der Waals surface area contributed by atoms with Crippen LogP contribution in [0.4, 0.5) is 5.69 Å². The lowest BCUT2D eigenvalue weighted by Crippen LogP contribution is -2.02. The summed E-state index contributed by atoms with van der Waals surface area (Å²) in [6.07, 6.45) is 3.46. The molecule has 0 saturated carbocycles. The number of nitrogens with two attached hydrogens (primary N) is 1. The van der Waals surface area contributed by atoms with Crippen molar-refractivity contribution in [2.45, 2.75) is 0 Å². The van der Waals surface area contributed by atoms with E-state index in [0.717, 1.165) is 11.3 Å². The first kappa shape index (κ1) is 13.9. The highest BCUT2D eigenvalue weighted by atomic mass is 16.3. The van der Waals surface area contributed by atoms with Gasteiger partial charge in [-0.2, -0.15) is 0 Å². The molecule has 0 atom stereocenters. The minimum absolute atomic E-state index is 0.645. The Morgan fingerprint density at radius 3 is 2.18 bits per heavy atom. The van der Waals surface area contributed by atoms with Crippen LogP contribution in [0.2, 0.25) is 0 Å². The van der Waals surface area contributed by atoms with E-state index in [1.807, 2.05) is 78.9 Å². The van der Waals surface area contributed by atoms with E-state index < -0.39 is 0 Å². The fourth-order valence-electron chi connectivity index (χ4n) is 2.09. The average Bonchev–Trinajstić information content (AvgIpc) is 3.10. The highest BCUT2D eigenvalue weighted by Crippen LogP contribution is 2.17. The molecule has 1 heterocycles. The Balaban J connectivity index is 2.02. The third kappa shape index (κ3) is 3.33. The minimum atomic E-state index is 0.645. The number of rotatable bonds is 4. The highest BCUT2D eigenvalue weighted by molar-refractivity contribution is 6.11. The first-order valence-corrected chi connectivity index (χ1v) is 7.03. The molecule has 2 N–H and O–H groups in total. The van der Waals surface area contributed by atoms with Gasteiger partial charge < -0.3 is 10.2 Å². The molecule has 3 aromatic rings. The zero-order valence-electron chi connectivity index (χ0n) is 12.0. The van der Waals surface area contributed by atoms with Crippen molar-refractivity contribution in [3.63, 3.8) is 0 Å². The Morgan fingerprint density at radius 1 is 0.864 bits per heavy atom. The van der Waals surface area contributed by atoms with E-state index in [4.69, 9.17) is 10.2 Å². The average molecular weight is 288 g/mol. The summed E-state index contributed by atoms with van der Waals surface area (Å²) in [6.45, 7) is 0. The minimum Gasteiger partial charge on any atom is -0.463 e. The van der Waals surface area contributed by atoms with Gasteiger partial charge in [-0.3, -0.25) is 0 Å². The Bertz CT molecular complexity index is 773. The molecule has 0 aliphatic rings. The van der Waals surface area contributed by atoms with Gasteiger partial charge in [0.05, 0.1) is 12.0 Å². The topological polar surface area (TPSA) is 51.5 Å². The molecule has 0 amide bonds. The molecule has 108 valence electrons. The van der Waals surface area contributed by atoms with Gasteiger partial charge in [-0.1, -0.05) is 48.5 Å². The quantitative estimate of drug-likeness (QED) is 0.723. The van der Waals surface area contributed by atoms with Gasteiger partial charge in [0.1, 0.15) is 5.71 Å². The predicted octanol–water partition coefficient (Wildman–Crippen LogP) is 4.40. The standard InChI is InChI=1S/C19H16N2O/c20-17(15-8-3-1-4-9-15)14-18(19-12-7-13-22-19)21-16-10-5-2-6-11-16/h1-14H,20H2/b17-14-,21-18?. The molecule has 0 radical (unpaired) electrons. The molecule has 1 aromatic heterocycles. The van der Waals surface area contributed by atoms with E-state index >= 15 is 0 Å². The fraction of sp³-hybridized carbons (Fsp3) is 0. The van der Waals surface area contributed by atoms with Crippen molar-refractivity contribution in [2.24, 2.45) is 10.7 Å². The monoisotopic (exact) mass is 288 g/mol. The molecule has 3 rings (SSSR count). The van der Waals surface area contributed by atoms with Crippen LogP contribution < -0.4 is 5.73 Å². The van der Waals surface area contributed by atoms with E-state index in [-0.39, 0.29) is 0 Å². The van der Waals surface area contributed by atoms with Gasteiger partial charge in [0.2, 0.25) is 0 Å². The number of aliphatic imine (C=N–C) groups is 1. The van der Waals surface area contributed by atoms with E-state index in [9.17, 15) is 0 Å². The van der Waals surface area contributed by atoms with E-state index in [1.165, 1.54) is 0 Å². The second kappa shape index (κ2) is 6.59. The Kier molecular flexibility index (Phi) is 4.16. The number of furan rings is 1. The van der Waals surface area contributed by atoms with Crippen molar-refractivity contribution in [1.29, 1.82) is 0 Å². The molecule has 0 bridgehead atoms. The summed E-state index contributed by atoms with van der Waals surface area (Å²) < 4.78 is 5.47. The van der Waals surface area contributed by atoms with Crippen LogP contribution in [0, 0.1) is 0 Å². The lowest BCUT2D eigenvalue weighted by molar-refractivity contribution is 0.558. The van der Waals surface area contributed by atoms with Crippen molar-refractivity contribution in [2.75, 3.05) is 0 Å². The zero-order valence-corrected chi connectivity index (χ0v) is 12.0. The van der Waals surface area contributed by atoms with Crippen molar-refractivity contribution < 1.29 is 4.42 Å². The highest BCUT2D eigenvalue weighted by Gasteiger charge is 2.06. The molecule has 0 spiro atoms. The van der Waals surface area contributed by atoms with Gasteiger partial charge in [-0.25, -0.2) is 4.99 Å². The van der Waals surface area contributed by atoms with Crippen LogP contribution in [-0.2, 0) is 0 Å². The van der Waals surface area contributed by atoms with Crippen LogP contribution in [0.5, 0.6) is 0 Å². The summed E-state index contributed by atoms with van der Waals surface area (Å²) in [6, 6.07) is 23.2. The largest absolute Gasteiger partial charge is 0.463 e. The molecule has 3 nitrogen and oxygen atoms in total. The summed E-state index contributed by atoms with van der Waals surface area (Å²) in [7, 11) is 0. The van der Waals surface area contributed by atoms with Crippen LogP contribution in [0.15, 0.2) is 94.5 Å². The summed E-state index contributed by atoms with van der Waals surface area (Å²) in [5.74, 6) is 0.683. The van der Waals surface area contributed by atoms with Gasteiger partial charge >= 0.3 is 0 Å². The second-order valence-electron chi connectivity index (χ2n) is 4.78. The molecule has 0 saturated heterocycles. The van der Waals surface area contributed by atoms with Gasteiger partial charge in [-0.15, -0.1) is 0 Å². The summed E-state index contributed by atoms with van der Waals surface area (Å²) in [5.41, 5.74) is 9.34. The molecular formula is C19H16N2O. The molecule has 0 aliphatic heterocycles.